The fraction of sp³-hybridized carbons (Fsp3) is 0.464. The van der Waals surface area contributed by atoms with Crippen molar-refractivity contribution in [3.8, 4) is 11.4 Å². The molecule has 3 aromatic rings. The number of rotatable bonds is 6. The van der Waals surface area contributed by atoms with Gasteiger partial charge in [-0.05, 0) is 69.5 Å². The third-order valence-corrected chi connectivity index (χ3v) is 7.50. The second-order valence-corrected chi connectivity index (χ2v) is 10.5. The van der Waals surface area contributed by atoms with Crippen LogP contribution >= 0.6 is 0 Å². The fourth-order valence-corrected chi connectivity index (χ4v) is 5.43. The number of hydrogen-bond acceptors (Lipinski definition) is 6. The number of nitrogens with zero attached hydrogens (tertiary/aromatic N) is 4. The first-order chi connectivity index (χ1) is 16.8. The predicted molar refractivity (Wildman–Crippen MR) is 144 cm³/mol. The molecule has 186 valence electrons. The molecule has 5 rings (SSSR count). The molecule has 0 atom stereocenters. The summed E-state index contributed by atoms with van der Waals surface area (Å²) in [5.41, 5.74) is 15.9. The molecule has 2 aliphatic rings. The molecular weight excluding hydrogens is 436 g/mol. The van der Waals surface area contributed by atoms with Crippen LogP contribution in [0.2, 0.25) is 0 Å². The normalized spacial score (nSPS) is 17.3. The summed E-state index contributed by atoms with van der Waals surface area (Å²) >= 11 is 0. The van der Waals surface area contributed by atoms with Crippen LogP contribution in [0.4, 0.5) is 17.1 Å². The lowest BCUT2D eigenvalue weighted by molar-refractivity contribution is 0.137. The minimum Gasteiger partial charge on any atom is -0.487 e. The molecular formula is C28H38N6O. The number of piperazine rings is 1. The average Bonchev–Trinajstić information content (AvgIpc) is 3.49. The van der Waals surface area contributed by atoms with E-state index in [0.29, 0.717) is 0 Å². The highest BCUT2D eigenvalue weighted by molar-refractivity contribution is 5.69. The maximum atomic E-state index is 6.68. The van der Waals surface area contributed by atoms with Crippen LogP contribution in [-0.4, -0.2) is 52.8 Å². The van der Waals surface area contributed by atoms with Gasteiger partial charge >= 0.3 is 0 Å². The first-order valence-corrected chi connectivity index (χ1v) is 12.7. The van der Waals surface area contributed by atoms with Crippen LogP contribution in [0.15, 0.2) is 36.9 Å². The zero-order valence-corrected chi connectivity index (χ0v) is 21.7. The van der Waals surface area contributed by atoms with E-state index in [1.165, 1.54) is 22.4 Å². The van der Waals surface area contributed by atoms with Crippen LogP contribution in [0.25, 0.3) is 5.69 Å². The maximum Gasteiger partial charge on any atom is 0.127 e. The summed E-state index contributed by atoms with van der Waals surface area (Å²) in [5, 5.41) is 3.47. The van der Waals surface area contributed by atoms with Gasteiger partial charge in [0.15, 0.2) is 0 Å². The second-order valence-electron chi connectivity index (χ2n) is 10.5. The molecule has 0 unspecified atom stereocenters. The molecule has 3 heterocycles. The third-order valence-electron chi connectivity index (χ3n) is 7.50. The summed E-state index contributed by atoms with van der Waals surface area (Å²) in [6.45, 7) is 16.4. The lowest BCUT2D eigenvalue weighted by atomic mass is 9.91. The molecule has 7 nitrogen and oxygen atoms in total. The maximum absolute atomic E-state index is 6.68. The van der Waals surface area contributed by atoms with Crippen LogP contribution in [0.1, 0.15) is 43.0 Å². The lowest BCUT2D eigenvalue weighted by Gasteiger charge is -2.37. The Bertz CT molecular complexity index is 1210. The number of aromatic nitrogens is 2. The van der Waals surface area contributed by atoms with E-state index in [0.717, 1.165) is 74.1 Å². The summed E-state index contributed by atoms with van der Waals surface area (Å²) in [5.74, 6) is 1.06. The van der Waals surface area contributed by atoms with Crippen molar-refractivity contribution in [2.75, 3.05) is 48.7 Å². The van der Waals surface area contributed by atoms with Gasteiger partial charge in [0.25, 0.3) is 0 Å². The van der Waals surface area contributed by atoms with Crippen molar-refractivity contribution < 1.29 is 4.74 Å². The van der Waals surface area contributed by atoms with Crippen molar-refractivity contribution in [2.24, 2.45) is 0 Å². The Morgan fingerprint density at radius 1 is 1.11 bits per heavy atom. The molecule has 1 fully saturated rings. The topological polar surface area (TPSA) is 71.6 Å². The monoisotopic (exact) mass is 474 g/mol. The Kier molecular flexibility index (Phi) is 6.13. The smallest absolute Gasteiger partial charge is 0.127 e. The summed E-state index contributed by atoms with van der Waals surface area (Å²) in [4.78, 5) is 9.25. The van der Waals surface area contributed by atoms with Gasteiger partial charge in [-0.2, -0.15) is 0 Å². The average molecular weight is 475 g/mol. The molecule has 3 N–H and O–H groups in total. The van der Waals surface area contributed by atoms with E-state index < -0.39 is 0 Å². The zero-order valence-electron chi connectivity index (χ0n) is 21.7. The van der Waals surface area contributed by atoms with Gasteiger partial charge < -0.3 is 25.3 Å². The van der Waals surface area contributed by atoms with Gasteiger partial charge in [-0.1, -0.05) is 0 Å². The summed E-state index contributed by atoms with van der Waals surface area (Å²) in [6, 6.07) is 6.67. The van der Waals surface area contributed by atoms with Crippen molar-refractivity contribution in [2.45, 2.75) is 53.2 Å². The number of hydrogen-bond donors (Lipinski definition) is 2. The van der Waals surface area contributed by atoms with Gasteiger partial charge in [-0.15, -0.1) is 0 Å². The van der Waals surface area contributed by atoms with Crippen LogP contribution < -0.4 is 20.7 Å². The van der Waals surface area contributed by atoms with Crippen molar-refractivity contribution in [3.05, 3.63) is 59.2 Å². The second kappa shape index (κ2) is 9.11. The van der Waals surface area contributed by atoms with Gasteiger partial charge in [-0.25, -0.2) is 4.98 Å². The predicted octanol–water partition coefficient (Wildman–Crippen LogP) is 4.54. The summed E-state index contributed by atoms with van der Waals surface area (Å²) in [6.07, 6.45) is 6.59. The van der Waals surface area contributed by atoms with E-state index in [1.807, 2.05) is 18.7 Å². The molecule has 2 aliphatic heterocycles. The Balaban J connectivity index is 1.32. The molecule has 0 radical (unpaired) electrons. The quantitative estimate of drug-likeness (QED) is 0.511. The molecule has 35 heavy (non-hydrogen) atoms. The Hall–Kier alpha value is -3.19. The summed E-state index contributed by atoms with van der Waals surface area (Å²) < 4.78 is 8.41. The minimum absolute atomic E-state index is 0.174. The van der Waals surface area contributed by atoms with Crippen LogP contribution in [0.3, 0.4) is 0 Å². The highest BCUT2D eigenvalue weighted by Crippen LogP contribution is 2.44. The molecule has 0 aliphatic carbocycles. The Morgan fingerprint density at radius 2 is 1.89 bits per heavy atom. The SMILES string of the molecule is CCNc1ccc(N2CCN(Cc3c(N)c(C)c(C)c4c3CC(C)(C)O4)CC2)cc1-n1ccnc1. The minimum atomic E-state index is -0.174. The van der Waals surface area contributed by atoms with Gasteiger partial charge in [-0.3, -0.25) is 4.90 Å². The highest BCUT2D eigenvalue weighted by Gasteiger charge is 2.35. The van der Waals surface area contributed by atoms with Crippen molar-refractivity contribution in [1.29, 1.82) is 0 Å². The van der Waals surface area contributed by atoms with Crippen LogP contribution in [0, 0.1) is 13.8 Å². The number of ether oxygens (including phenoxy) is 1. The van der Waals surface area contributed by atoms with Crippen molar-refractivity contribution in [1.82, 2.24) is 14.5 Å². The number of imidazole rings is 1. The lowest BCUT2D eigenvalue weighted by Crippen LogP contribution is -2.46. The molecule has 7 heteroatoms. The zero-order chi connectivity index (χ0) is 24.7. The molecule has 0 amide bonds. The first kappa shape index (κ1) is 23.5. The molecule has 1 aromatic heterocycles. The standard InChI is InChI=1S/C28H38N6O/c1-6-31-24-8-7-21(15-25(24)34-10-9-30-18-34)33-13-11-32(12-14-33)17-23-22-16-28(4,5)35-27(22)20(3)19(2)26(23)29/h7-10,15,18,31H,6,11-14,16-17,29H2,1-5H3. The molecule has 2 aromatic carbocycles. The number of nitrogens with two attached hydrogens (primary N) is 1. The molecule has 0 saturated carbocycles. The van der Waals surface area contributed by atoms with Gasteiger partial charge in [0.05, 0.1) is 17.7 Å². The first-order valence-electron chi connectivity index (χ1n) is 12.7. The van der Waals surface area contributed by atoms with E-state index in [9.17, 15) is 0 Å². The Morgan fingerprint density at radius 3 is 2.57 bits per heavy atom. The number of benzene rings is 2. The fourth-order valence-electron chi connectivity index (χ4n) is 5.43. The van der Waals surface area contributed by atoms with Crippen LogP contribution in [-0.2, 0) is 13.0 Å². The third kappa shape index (κ3) is 4.45. The van der Waals surface area contributed by atoms with E-state index in [4.69, 9.17) is 10.5 Å². The van der Waals surface area contributed by atoms with Crippen LogP contribution in [0.5, 0.6) is 5.75 Å². The van der Waals surface area contributed by atoms with E-state index >= 15 is 0 Å². The number of fused-ring (bicyclic) bond motifs is 1. The van der Waals surface area contributed by atoms with E-state index in [1.54, 1.807) is 0 Å². The van der Waals surface area contributed by atoms with Gasteiger partial charge in [0, 0.05) is 75.0 Å². The highest BCUT2D eigenvalue weighted by atomic mass is 16.5. The summed E-state index contributed by atoms with van der Waals surface area (Å²) in [7, 11) is 0. The van der Waals surface area contributed by atoms with Gasteiger partial charge in [0.2, 0.25) is 0 Å². The van der Waals surface area contributed by atoms with Crippen molar-refractivity contribution in [3.63, 3.8) is 0 Å². The Labute approximate surface area is 208 Å². The van der Waals surface area contributed by atoms with E-state index in [-0.39, 0.29) is 5.60 Å². The molecule has 0 spiro atoms. The van der Waals surface area contributed by atoms with Gasteiger partial charge in [0.1, 0.15) is 11.4 Å². The number of anilines is 3. The number of nitrogen functional groups attached to an aromatic ring is 1. The molecule has 0 bridgehead atoms. The molecule has 1 saturated heterocycles. The number of nitrogens with one attached hydrogen (secondary N) is 1. The largest absolute Gasteiger partial charge is 0.487 e. The van der Waals surface area contributed by atoms with Crippen molar-refractivity contribution >= 4 is 17.1 Å². The van der Waals surface area contributed by atoms with E-state index in [2.05, 4.69) is 77.5 Å².